The van der Waals surface area contributed by atoms with Gasteiger partial charge >= 0.3 is 0 Å². The molecule has 25 heavy (non-hydrogen) atoms. The van der Waals surface area contributed by atoms with Crippen LogP contribution in [-0.4, -0.2) is 38.6 Å². The maximum absolute atomic E-state index is 12.3. The molecule has 2 N–H and O–H groups in total. The highest BCUT2D eigenvalue weighted by Gasteiger charge is 2.23. The van der Waals surface area contributed by atoms with Crippen molar-refractivity contribution in [3.05, 3.63) is 65.2 Å². The summed E-state index contributed by atoms with van der Waals surface area (Å²) in [4.78, 5) is 16.0. The zero-order valence-electron chi connectivity index (χ0n) is 14.5. The lowest BCUT2D eigenvalue weighted by Crippen LogP contribution is -3.15. The first kappa shape index (κ1) is 17.8. The first-order chi connectivity index (χ1) is 12.1. The monoisotopic (exact) mass is 358 g/mol. The third-order valence-electron chi connectivity index (χ3n) is 4.73. The number of rotatable bonds is 5. The summed E-state index contributed by atoms with van der Waals surface area (Å²) in [6.45, 7) is 6.36. The number of nitrogens with zero attached hydrogens (tertiary/aromatic N) is 1. The minimum Gasteiger partial charge on any atom is -0.360 e. The van der Waals surface area contributed by atoms with Gasteiger partial charge in [-0.3, -0.25) is 4.79 Å². The fraction of sp³-hybridized carbons (Fsp3) is 0.350. The molecule has 5 heteroatoms. The Labute approximate surface area is 154 Å². The maximum atomic E-state index is 12.3. The molecule has 1 heterocycles. The number of halogens is 1. The maximum Gasteiger partial charge on any atom is 0.275 e. The van der Waals surface area contributed by atoms with Crippen LogP contribution in [0.4, 0.5) is 5.69 Å². The minimum absolute atomic E-state index is 0.0425. The fourth-order valence-corrected chi connectivity index (χ4v) is 3.46. The summed E-state index contributed by atoms with van der Waals surface area (Å²) in [5.74, 6) is 0.113. The fourth-order valence-electron chi connectivity index (χ4n) is 3.28. The van der Waals surface area contributed by atoms with Crippen LogP contribution in [0.5, 0.6) is 0 Å². The topological polar surface area (TPSA) is 36.8 Å². The average molecular weight is 359 g/mol. The van der Waals surface area contributed by atoms with Crippen molar-refractivity contribution in [2.24, 2.45) is 0 Å². The quantitative estimate of drug-likeness (QED) is 0.856. The molecule has 3 rings (SSSR count). The lowest BCUT2D eigenvalue weighted by Gasteiger charge is -2.33. The molecule has 4 nitrogen and oxygen atoms in total. The first-order valence-electron chi connectivity index (χ1n) is 8.80. The number of anilines is 1. The molecular weight excluding hydrogens is 334 g/mol. The highest BCUT2D eigenvalue weighted by molar-refractivity contribution is 6.30. The number of quaternary nitrogens is 1. The van der Waals surface area contributed by atoms with E-state index in [9.17, 15) is 4.79 Å². The second kappa shape index (κ2) is 8.37. The number of hydrogen-bond acceptors (Lipinski definition) is 2. The van der Waals surface area contributed by atoms with Crippen molar-refractivity contribution < 1.29 is 9.69 Å². The van der Waals surface area contributed by atoms with Crippen LogP contribution in [0.3, 0.4) is 0 Å². The molecule has 1 fully saturated rings. The molecule has 0 aliphatic carbocycles. The first-order valence-corrected chi connectivity index (χ1v) is 9.18. The lowest BCUT2D eigenvalue weighted by atomic mass is 10.1. The zero-order valence-corrected chi connectivity index (χ0v) is 15.3. The van der Waals surface area contributed by atoms with Crippen LogP contribution < -0.4 is 15.1 Å². The van der Waals surface area contributed by atoms with Gasteiger partial charge in [0.25, 0.3) is 5.91 Å². The second-order valence-electron chi connectivity index (χ2n) is 6.59. The zero-order chi connectivity index (χ0) is 17.6. The van der Waals surface area contributed by atoms with E-state index >= 15 is 0 Å². The van der Waals surface area contributed by atoms with Gasteiger partial charge in [0.05, 0.1) is 32.2 Å². The molecular formula is C20H25ClN3O+. The molecule has 1 amide bonds. The summed E-state index contributed by atoms with van der Waals surface area (Å²) in [7, 11) is 0. The lowest BCUT2D eigenvalue weighted by molar-refractivity contribution is -0.892. The third kappa shape index (κ3) is 4.97. The van der Waals surface area contributed by atoms with E-state index in [4.69, 9.17) is 11.6 Å². The summed E-state index contributed by atoms with van der Waals surface area (Å²) in [6.07, 6.45) is 0. The van der Waals surface area contributed by atoms with Crippen molar-refractivity contribution in [3.8, 4) is 0 Å². The summed E-state index contributed by atoms with van der Waals surface area (Å²) < 4.78 is 0. The summed E-state index contributed by atoms with van der Waals surface area (Å²) in [5.41, 5.74) is 2.30. The predicted octanol–water partition coefficient (Wildman–Crippen LogP) is 1.92. The van der Waals surface area contributed by atoms with Crippen molar-refractivity contribution in [1.82, 2.24) is 5.32 Å². The van der Waals surface area contributed by atoms with E-state index in [1.54, 1.807) is 0 Å². The SMILES string of the molecule is C[C@@H](NC(=O)C[NH+]1CCN(c2cccc(Cl)c2)CC1)c1ccccc1. The Hall–Kier alpha value is -2.04. The molecule has 0 radical (unpaired) electrons. The Bertz CT molecular complexity index is 699. The molecule has 1 aliphatic rings. The Morgan fingerprint density at radius 3 is 2.56 bits per heavy atom. The largest absolute Gasteiger partial charge is 0.360 e. The van der Waals surface area contributed by atoms with Crippen LogP contribution in [0.1, 0.15) is 18.5 Å². The standard InChI is InChI=1S/C20H24ClN3O/c1-16(17-6-3-2-4-7-17)22-20(25)15-23-10-12-24(13-11-23)19-9-5-8-18(21)14-19/h2-9,14,16H,10-13,15H2,1H3,(H,22,25)/p+1/t16-/m1/s1. The van der Waals surface area contributed by atoms with Crippen molar-refractivity contribution in [2.75, 3.05) is 37.6 Å². The van der Waals surface area contributed by atoms with Crippen LogP contribution >= 0.6 is 11.6 Å². The number of carbonyl (C=O) groups is 1. The Balaban J connectivity index is 1.46. The Kier molecular flexibility index (Phi) is 5.95. The van der Waals surface area contributed by atoms with E-state index in [2.05, 4.69) is 16.3 Å². The second-order valence-corrected chi connectivity index (χ2v) is 7.03. The number of benzene rings is 2. The van der Waals surface area contributed by atoms with Gasteiger partial charge in [-0.25, -0.2) is 0 Å². The molecule has 2 aromatic carbocycles. The van der Waals surface area contributed by atoms with E-state index < -0.39 is 0 Å². The Morgan fingerprint density at radius 1 is 1.16 bits per heavy atom. The molecule has 1 atom stereocenters. The number of amides is 1. The van der Waals surface area contributed by atoms with Crippen LogP contribution in [0.15, 0.2) is 54.6 Å². The molecule has 0 unspecified atom stereocenters. The highest BCUT2D eigenvalue weighted by atomic mass is 35.5. The van der Waals surface area contributed by atoms with Crippen LogP contribution in [0.25, 0.3) is 0 Å². The average Bonchev–Trinajstić information content (AvgIpc) is 2.63. The van der Waals surface area contributed by atoms with Gasteiger partial charge in [0.15, 0.2) is 6.54 Å². The van der Waals surface area contributed by atoms with Crippen molar-refractivity contribution in [2.45, 2.75) is 13.0 Å². The molecule has 1 aliphatic heterocycles. The van der Waals surface area contributed by atoms with Crippen molar-refractivity contribution >= 4 is 23.2 Å². The van der Waals surface area contributed by atoms with Crippen molar-refractivity contribution in [1.29, 1.82) is 0 Å². The van der Waals surface area contributed by atoms with Crippen LogP contribution in [0, 0.1) is 0 Å². The normalized spacial score (nSPS) is 16.5. The van der Waals surface area contributed by atoms with Gasteiger partial charge in [-0.15, -0.1) is 0 Å². The van der Waals surface area contributed by atoms with Gasteiger partial charge in [-0.1, -0.05) is 48.0 Å². The predicted molar refractivity (Wildman–Crippen MR) is 102 cm³/mol. The van der Waals surface area contributed by atoms with Crippen molar-refractivity contribution in [3.63, 3.8) is 0 Å². The third-order valence-corrected chi connectivity index (χ3v) is 4.97. The van der Waals surface area contributed by atoms with E-state index in [1.165, 1.54) is 4.90 Å². The smallest absolute Gasteiger partial charge is 0.275 e. The molecule has 1 saturated heterocycles. The van der Waals surface area contributed by atoms with Gasteiger partial charge in [-0.05, 0) is 30.7 Å². The minimum atomic E-state index is 0.0425. The molecule has 2 aromatic rings. The van der Waals surface area contributed by atoms with E-state index in [0.717, 1.165) is 42.5 Å². The molecule has 0 spiro atoms. The molecule has 0 saturated carbocycles. The Morgan fingerprint density at radius 2 is 1.88 bits per heavy atom. The molecule has 0 aromatic heterocycles. The van der Waals surface area contributed by atoms with Gasteiger partial charge in [0, 0.05) is 10.7 Å². The van der Waals surface area contributed by atoms with E-state index in [0.29, 0.717) is 6.54 Å². The summed E-state index contributed by atoms with van der Waals surface area (Å²) in [5, 5.41) is 3.87. The number of carbonyl (C=O) groups excluding carboxylic acids is 1. The van der Waals surface area contributed by atoms with Gasteiger partial charge in [-0.2, -0.15) is 0 Å². The van der Waals surface area contributed by atoms with E-state index in [1.807, 2.05) is 55.5 Å². The van der Waals surface area contributed by atoms with E-state index in [-0.39, 0.29) is 11.9 Å². The van der Waals surface area contributed by atoms with Gasteiger partial charge in [0.1, 0.15) is 0 Å². The number of piperazine rings is 1. The summed E-state index contributed by atoms with van der Waals surface area (Å²) >= 11 is 6.08. The number of nitrogens with one attached hydrogen (secondary N) is 2. The molecule has 132 valence electrons. The van der Waals surface area contributed by atoms with Crippen LogP contribution in [-0.2, 0) is 4.79 Å². The highest BCUT2D eigenvalue weighted by Crippen LogP contribution is 2.19. The van der Waals surface area contributed by atoms with Gasteiger partial charge < -0.3 is 15.1 Å². The molecule has 0 bridgehead atoms. The summed E-state index contributed by atoms with van der Waals surface area (Å²) in [6, 6.07) is 18.1. The van der Waals surface area contributed by atoms with Crippen LogP contribution in [0.2, 0.25) is 5.02 Å². The van der Waals surface area contributed by atoms with Gasteiger partial charge in [0.2, 0.25) is 0 Å². The number of hydrogen-bond donors (Lipinski definition) is 2.